The van der Waals surface area contributed by atoms with Gasteiger partial charge in [-0.05, 0) is 24.6 Å². The van der Waals surface area contributed by atoms with Gasteiger partial charge in [0.1, 0.15) is 11.6 Å². The van der Waals surface area contributed by atoms with Crippen LogP contribution in [0, 0.1) is 5.82 Å². The van der Waals surface area contributed by atoms with E-state index in [2.05, 4.69) is 10.6 Å². The van der Waals surface area contributed by atoms with E-state index in [1.54, 1.807) is 6.92 Å². The number of hydrogen-bond acceptors (Lipinski definition) is 3. The highest BCUT2D eigenvalue weighted by molar-refractivity contribution is 5.91. The summed E-state index contributed by atoms with van der Waals surface area (Å²) < 4.78 is 18.6. The zero-order chi connectivity index (χ0) is 16.7. The van der Waals surface area contributed by atoms with Gasteiger partial charge in [-0.15, -0.1) is 0 Å². The van der Waals surface area contributed by atoms with Crippen LogP contribution >= 0.6 is 0 Å². The molecule has 122 valence electrons. The molecule has 0 radical (unpaired) electrons. The van der Waals surface area contributed by atoms with Gasteiger partial charge in [0.15, 0.2) is 0 Å². The fourth-order valence-electron chi connectivity index (χ4n) is 2.11. The molecule has 0 heterocycles. The summed E-state index contributed by atoms with van der Waals surface area (Å²) in [4.78, 5) is 12.1. The SMILES string of the molecule is CCOc1cc(F)ccc1NC(=O)NC(CO)c1ccccc1. The monoisotopic (exact) mass is 318 g/mol. The third-order valence-electron chi connectivity index (χ3n) is 3.18. The maximum atomic E-state index is 13.3. The van der Waals surface area contributed by atoms with Crippen molar-refractivity contribution < 1.29 is 19.0 Å². The number of benzene rings is 2. The van der Waals surface area contributed by atoms with E-state index in [1.807, 2.05) is 30.3 Å². The molecule has 2 aromatic rings. The molecule has 2 amide bonds. The number of carbonyl (C=O) groups is 1. The molecule has 2 aromatic carbocycles. The van der Waals surface area contributed by atoms with Gasteiger partial charge in [-0.25, -0.2) is 9.18 Å². The number of aliphatic hydroxyl groups excluding tert-OH is 1. The van der Waals surface area contributed by atoms with Gasteiger partial charge < -0.3 is 20.5 Å². The van der Waals surface area contributed by atoms with Crippen molar-refractivity contribution in [2.24, 2.45) is 0 Å². The molecule has 1 unspecified atom stereocenters. The topological polar surface area (TPSA) is 70.6 Å². The lowest BCUT2D eigenvalue weighted by molar-refractivity contribution is 0.225. The number of hydrogen-bond donors (Lipinski definition) is 3. The minimum Gasteiger partial charge on any atom is -0.492 e. The van der Waals surface area contributed by atoms with Crippen LogP contribution < -0.4 is 15.4 Å². The number of nitrogens with one attached hydrogen (secondary N) is 2. The van der Waals surface area contributed by atoms with Crippen molar-refractivity contribution in [1.29, 1.82) is 0 Å². The van der Waals surface area contributed by atoms with Crippen LogP contribution in [0.3, 0.4) is 0 Å². The molecular weight excluding hydrogens is 299 g/mol. The Morgan fingerprint density at radius 1 is 1.26 bits per heavy atom. The summed E-state index contributed by atoms with van der Waals surface area (Å²) in [6, 6.07) is 11.9. The summed E-state index contributed by atoms with van der Waals surface area (Å²) in [6.07, 6.45) is 0. The molecule has 5 nitrogen and oxygen atoms in total. The first-order chi connectivity index (χ1) is 11.1. The van der Waals surface area contributed by atoms with Crippen LogP contribution in [0.2, 0.25) is 0 Å². The maximum absolute atomic E-state index is 13.3. The zero-order valence-corrected chi connectivity index (χ0v) is 12.8. The highest BCUT2D eigenvalue weighted by Crippen LogP contribution is 2.25. The van der Waals surface area contributed by atoms with E-state index in [0.717, 1.165) is 5.56 Å². The van der Waals surface area contributed by atoms with Gasteiger partial charge >= 0.3 is 6.03 Å². The van der Waals surface area contributed by atoms with E-state index in [1.165, 1.54) is 18.2 Å². The van der Waals surface area contributed by atoms with Gasteiger partial charge in [0.05, 0.1) is 24.9 Å². The van der Waals surface area contributed by atoms with Crippen LogP contribution in [0.5, 0.6) is 5.75 Å². The molecule has 0 spiro atoms. The van der Waals surface area contributed by atoms with E-state index in [4.69, 9.17) is 4.74 Å². The van der Waals surface area contributed by atoms with E-state index < -0.39 is 17.9 Å². The van der Waals surface area contributed by atoms with E-state index in [9.17, 15) is 14.3 Å². The van der Waals surface area contributed by atoms with Gasteiger partial charge in [0.2, 0.25) is 0 Å². The molecule has 0 bridgehead atoms. The normalized spacial score (nSPS) is 11.6. The number of amides is 2. The predicted octanol–water partition coefficient (Wildman–Crippen LogP) is 3.08. The highest BCUT2D eigenvalue weighted by Gasteiger charge is 2.15. The molecule has 0 aliphatic heterocycles. The van der Waals surface area contributed by atoms with Crippen molar-refractivity contribution >= 4 is 11.7 Å². The van der Waals surface area contributed by atoms with Crippen molar-refractivity contribution in [3.63, 3.8) is 0 Å². The van der Waals surface area contributed by atoms with Gasteiger partial charge in [-0.3, -0.25) is 0 Å². The molecule has 0 fully saturated rings. The second kappa shape index (κ2) is 8.14. The minimum atomic E-state index is -0.535. The summed E-state index contributed by atoms with van der Waals surface area (Å²) >= 11 is 0. The average Bonchev–Trinajstić information content (AvgIpc) is 2.56. The van der Waals surface area contributed by atoms with Gasteiger partial charge in [0.25, 0.3) is 0 Å². The minimum absolute atomic E-state index is 0.237. The Morgan fingerprint density at radius 3 is 2.65 bits per heavy atom. The molecule has 0 aliphatic rings. The average molecular weight is 318 g/mol. The Balaban J connectivity index is 2.07. The lowest BCUT2D eigenvalue weighted by Crippen LogP contribution is -2.34. The molecule has 0 aromatic heterocycles. The fraction of sp³-hybridized carbons (Fsp3) is 0.235. The van der Waals surface area contributed by atoms with E-state index in [-0.39, 0.29) is 12.4 Å². The molecule has 2 rings (SSSR count). The van der Waals surface area contributed by atoms with Crippen LogP contribution in [0.1, 0.15) is 18.5 Å². The Labute approximate surface area is 134 Å². The van der Waals surface area contributed by atoms with Crippen LogP contribution in [0.4, 0.5) is 14.9 Å². The summed E-state index contributed by atoms with van der Waals surface area (Å²) in [5.41, 5.74) is 1.14. The second-order valence-corrected chi connectivity index (χ2v) is 4.82. The predicted molar refractivity (Wildman–Crippen MR) is 86.0 cm³/mol. The van der Waals surface area contributed by atoms with Gasteiger partial charge in [0, 0.05) is 6.07 Å². The summed E-state index contributed by atoms with van der Waals surface area (Å²) in [5.74, 6) is -0.195. The van der Waals surface area contributed by atoms with E-state index in [0.29, 0.717) is 12.3 Å². The first kappa shape index (κ1) is 16.8. The number of halogens is 1. The molecule has 23 heavy (non-hydrogen) atoms. The van der Waals surface area contributed by atoms with Crippen LogP contribution in [-0.2, 0) is 0 Å². The van der Waals surface area contributed by atoms with Crippen molar-refractivity contribution in [1.82, 2.24) is 5.32 Å². The number of aliphatic hydroxyl groups is 1. The van der Waals surface area contributed by atoms with Crippen molar-refractivity contribution in [2.75, 3.05) is 18.5 Å². The molecular formula is C17H19FN2O3. The molecule has 0 saturated carbocycles. The lowest BCUT2D eigenvalue weighted by atomic mass is 10.1. The molecule has 3 N–H and O–H groups in total. The summed E-state index contributed by atoms with van der Waals surface area (Å²) in [6.45, 7) is 1.88. The third kappa shape index (κ3) is 4.69. The van der Waals surface area contributed by atoms with Crippen molar-refractivity contribution in [3.05, 3.63) is 59.9 Å². The number of carbonyl (C=O) groups excluding carboxylic acids is 1. The lowest BCUT2D eigenvalue weighted by Gasteiger charge is -2.18. The Bertz CT molecular complexity index is 650. The maximum Gasteiger partial charge on any atom is 0.319 e. The number of urea groups is 1. The summed E-state index contributed by atoms with van der Waals surface area (Å²) in [7, 11) is 0. The first-order valence-corrected chi connectivity index (χ1v) is 7.29. The van der Waals surface area contributed by atoms with Crippen LogP contribution in [-0.4, -0.2) is 24.4 Å². The molecule has 1 atom stereocenters. The quantitative estimate of drug-likeness (QED) is 0.766. The van der Waals surface area contributed by atoms with E-state index >= 15 is 0 Å². The molecule has 0 saturated heterocycles. The standard InChI is InChI=1S/C17H19FN2O3/c1-2-23-16-10-13(18)8-9-14(16)19-17(22)20-15(11-21)12-6-4-3-5-7-12/h3-10,15,21H,2,11H2,1H3,(H2,19,20,22). The van der Waals surface area contributed by atoms with Crippen LogP contribution in [0.25, 0.3) is 0 Å². The Morgan fingerprint density at radius 2 is 2.00 bits per heavy atom. The highest BCUT2D eigenvalue weighted by atomic mass is 19.1. The smallest absolute Gasteiger partial charge is 0.319 e. The third-order valence-corrected chi connectivity index (χ3v) is 3.18. The molecule has 6 heteroatoms. The second-order valence-electron chi connectivity index (χ2n) is 4.82. The number of anilines is 1. The first-order valence-electron chi connectivity index (χ1n) is 7.29. The zero-order valence-electron chi connectivity index (χ0n) is 12.8. The Hall–Kier alpha value is -2.60. The van der Waals surface area contributed by atoms with Crippen molar-refractivity contribution in [3.8, 4) is 5.75 Å². The fourth-order valence-corrected chi connectivity index (χ4v) is 2.11. The van der Waals surface area contributed by atoms with Gasteiger partial charge in [-0.1, -0.05) is 30.3 Å². The molecule has 0 aliphatic carbocycles. The largest absolute Gasteiger partial charge is 0.492 e. The summed E-state index contributed by atoms with van der Waals surface area (Å²) in [5, 5.41) is 14.7. The number of ether oxygens (including phenoxy) is 1. The number of rotatable bonds is 6. The van der Waals surface area contributed by atoms with Crippen molar-refractivity contribution in [2.45, 2.75) is 13.0 Å². The van der Waals surface area contributed by atoms with Crippen LogP contribution in [0.15, 0.2) is 48.5 Å². The van der Waals surface area contributed by atoms with Gasteiger partial charge in [-0.2, -0.15) is 0 Å². The Kier molecular flexibility index (Phi) is 5.94.